The molecule has 0 heterocycles. The van der Waals surface area contributed by atoms with Gasteiger partial charge in [0.2, 0.25) is 0 Å². The quantitative estimate of drug-likeness (QED) is 0.648. The summed E-state index contributed by atoms with van der Waals surface area (Å²) < 4.78 is 0. The van der Waals surface area contributed by atoms with E-state index in [0.717, 1.165) is 18.3 Å². The molecule has 1 nitrogen and oxygen atoms in total. The van der Waals surface area contributed by atoms with Crippen molar-refractivity contribution in [1.29, 1.82) is 0 Å². The lowest BCUT2D eigenvalue weighted by Gasteiger charge is -2.60. The predicted molar refractivity (Wildman–Crippen MR) is 54.3 cm³/mol. The minimum absolute atomic E-state index is 0.323. The zero-order chi connectivity index (χ0) is 9.64. The summed E-state index contributed by atoms with van der Waals surface area (Å²) in [5.74, 6) is 2.24. The zero-order valence-corrected chi connectivity index (χ0v) is 8.71. The molecule has 0 aromatic heterocycles. The van der Waals surface area contributed by atoms with Crippen molar-refractivity contribution in [3.63, 3.8) is 0 Å². The molecule has 0 amide bonds. The molecule has 0 saturated heterocycles. The van der Waals surface area contributed by atoms with Crippen molar-refractivity contribution in [2.24, 2.45) is 23.2 Å². The second-order valence-corrected chi connectivity index (χ2v) is 5.33. The van der Waals surface area contributed by atoms with Crippen LogP contribution in [0.3, 0.4) is 0 Å². The Bertz CT molecular complexity index is 229. The summed E-state index contributed by atoms with van der Waals surface area (Å²) >= 11 is 0. The topological polar surface area (TPSA) is 20.2 Å². The highest BCUT2D eigenvalue weighted by Gasteiger charge is 2.54. The number of allylic oxidation sites excluding steroid dienone is 1. The molecule has 0 aromatic carbocycles. The smallest absolute Gasteiger partial charge is 0.0436 e. The highest BCUT2D eigenvalue weighted by molar-refractivity contribution is 5.22. The van der Waals surface area contributed by atoms with Crippen LogP contribution in [0, 0.1) is 23.2 Å². The SMILES string of the molecule is C=C1[C@@H](CCO)C[C@@H]2C[C@H]1C2(C)C. The maximum absolute atomic E-state index is 8.93. The Balaban J connectivity index is 2.08. The van der Waals surface area contributed by atoms with Gasteiger partial charge in [0.15, 0.2) is 0 Å². The second-order valence-electron chi connectivity index (χ2n) is 5.33. The van der Waals surface area contributed by atoms with Crippen molar-refractivity contribution in [3.8, 4) is 0 Å². The lowest BCUT2D eigenvalue weighted by Crippen LogP contribution is -2.51. The first kappa shape index (κ1) is 9.26. The van der Waals surface area contributed by atoms with Gasteiger partial charge < -0.3 is 5.11 Å². The molecule has 3 saturated carbocycles. The van der Waals surface area contributed by atoms with Crippen LogP contribution in [-0.4, -0.2) is 11.7 Å². The first-order valence-corrected chi connectivity index (χ1v) is 5.37. The maximum Gasteiger partial charge on any atom is 0.0436 e. The molecule has 0 unspecified atom stereocenters. The van der Waals surface area contributed by atoms with E-state index in [9.17, 15) is 0 Å². The van der Waals surface area contributed by atoms with Crippen molar-refractivity contribution < 1.29 is 5.11 Å². The van der Waals surface area contributed by atoms with Gasteiger partial charge >= 0.3 is 0 Å². The molecule has 1 heteroatoms. The first-order valence-electron chi connectivity index (χ1n) is 5.37. The monoisotopic (exact) mass is 180 g/mol. The van der Waals surface area contributed by atoms with E-state index in [4.69, 9.17) is 5.11 Å². The molecule has 2 bridgehead atoms. The van der Waals surface area contributed by atoms with E-state index in [0.29, 0.717) is 17.9 Å². The van der Waals surface area contributed by atoms with Gasteiger partial charge in [0.05, 0.1) is 0 Å². The molecule has 1 N–H and O–H groups in total. The van der Waals surface area contributed by atoms with Crippen molar-refractivity contribution >= 4 is 0 Å². The lowest BCUT2D eigenvalue weighted by molar-refractivity contribution is -0.0498. The molecule has 3 atom stereocenters. The number of fused-ring (bicyclic) bond motifs is 2. The fourth-order valence-corrected chi connectivity index (χ4v) is 3.28. The molecule has 0 radical (unpaired) electrons. The van der Waals surface area contributed by atoms with E-state index in [1.807, 2.05) is 0 Å². The molecule has 74 valence electrons. The molecule has 3 aliphatic carbocycles. The first-order chi connectivity index (χ1) is 6.07. The van der Waals surface area contributed by atoms with Gasteiger partial charge in [0.1, 0.15) is 0 Å². The Kier molecular flexibility index (Phi) is 2.03. The van der Waals surface area contributed by atoms with Crippen LogP contribution in [0.2, 0.25) is 0 Å². The van der Waals surface area contributed by atoms with Crippen LogP contribution in [-0.2, 0) is 0 Å². The fourth-order valence-electron chi connectivity index (χ4n) is 3.28. The molecule has 0 aliphatic heterocycles. The molecule has 0 aromatic rings. The van der Waals surface area contributed by atoms with Gasteiger partial charge in [-0.25, -0.2) is 0 Å². The van der Waals surface area contributed by atoms with Crippen molar-refractivity contribution in [2.75, 3.05) is 6.61 Å². The number of rotatable bonds is 2. The average Bonchev–Trinajstić information content (AvgIpc) is 2.08. The van der Waals surface area contributed by atoms with E-state index in [2.05, 4.69) is 20.4 Å². The summed E-state index contributed by atoms with van der Waals surface area (Å²) in [4.78, 5) is 0. The summed E-state index contributed by atoms with van der Waals surface area (Å²) in [6, 6.07) is 0. The third-order valence-electron chi connectivity index (χ3n) is 4.49. The minimum Gasteiger partial charge on any atom is -0.396 e. The number of hydrogen-bond donors (Lipinski definition) is 1. The van der Waals surface area contributed by atoms with Crippen molar-refractivity contribution in [2.45, 2.75) is 33.1 Å². The highest BCUT2D eigenvalue weighted by atomic mass is 16.3. The zero-order valence-electron chi connectivity index (χ0n) is 8.71. The normalized spacial score (nSPS) is 41.5. The molecule has 13 heavy (non-hydrogen) atoms. The van der Waals surface area contributed by atoms with Crippen LogP contribution in [0.25, 0.3) is 0 Å². The Morgan fingerprint density at radius 3 is 2.62 bits per heavy atom. The Labute approximate surface area is 80.8 Å². The van der Waals surface area contributed by atoms with Gasteiger partial charge in [-0.15, -0.1) is 0 Å². The fraction of sp³-hybridized carbons (Fsp3) is 0.833. The summed E-state index contributed by atoms with van der Waals surface area (Å²) in [6.45, 7) is 9.28. The van der Waals surface area contributed by atoms with Crippen LogP contribution in [0.15, 0.2) is 12.2 Å². The molecule has 3 aliphatic rings. The molecule has 3 rings (SSSR count). The van der Waals surface area contributed by atoms with E-state index >= 15 is 0 Å². The van der Waals surface area contributed by atoms with Crippen LogP contribution in [0.5, 0.6) is 0 Å². The van der Waals surface area contributed by atoms with E-state index in [1.54, 1.807) is 0 Å². The summed E-state index contributed by atoms with van der Waals surface area (Å²) in [5, 5.41) is 8.93. The maximum atomic E-state index is 8.93. The third kappa shape index (κ3) is 1.17. The van der Waals surface area contributed by atoms with Gasteiger partial charge in [0, 0.05) is 6.61 Å². The van der Waals surface area contributed by atoms with E-state index in [1.165, 1.54) is 18.4 Å². The molecule has 0 spiro atoms. The second kappa shape index (κ2) is 2.84. The molecular formula is C12H20O. The Morgan fingerprint density at radius 1 is 1.46 bits per heavy atom. The average molecular weight is 180 g/mol. The van der Waals surface area contributed by atoms with E-state index < -0.39 is 0 Å². The number of aliphatic hydroxyl groups excluding tert-OH is 1. The summed E-state index contributed by atoms with van der Waals surface area (Å²) in [5.41, 5.74) is 1.92. The van der Waals surface area contributed by atoms with Crippen LogP contribution < -0.4 is 0 Å². The summed E-state index contributed by atoms with van der Waals surface area (Å²) in [6.07, 6.45) is 3.55. The minimum atomic E-state index is 0.323. The predicted octanol–water partition coefficient (Wildman–Crippen LogP) is 2.61. The van der Waals surface area contributed by atoms with Crippen molar-refractivity contribution in [3.05, 3.63) is 12.2 Å². The summed E-state index contributed by atoms with van der Waals surface area (Å²) in [7, 11) is 0. The highest BCUT2D eigenvalue weighted by Crippen LogP contribution is 2.62. The number of aliphatic hydroxyl groups is 1. The molecular weight excluding hydrogens is 160 g/mol. The van der Waals surface area contributed by atoms with Gasteiger partial charge in [0.25, 0.3) is 0 Å². The lowest BCUT2D eigenvalue weighted by atomic mass is 9.45. The standard InChI is InChI=1S/C12H20O/c1-8-9(4-5-13)6-10-7-11(8)12(10,2)3/h9-11,13H,1,4-7H2,2-3H3/t9-,10+,11+/m0/s1. The number of hydrogen-bond acceptors (Lipinski definition) is 1. The van der Waals surface area contributed by atoms with Gasteiger partial charge in [-0.1, -0.05) is 26.0 Å². The largest absolute Gasteiger partial charge is 0.396 e. The third-order valence-corrected chi connectivity index (χ3v) is 4.49. The Morgan fingerprint density at radius 2 is 2.15 bits per heavy atom. The molecule has 3 fully saturated rings. The van der Waals surface area contributed by atoms with Gasteiger partial charge in [-0.2, -0.15) is 0 Å². The van der Waals surface area contributed by atoms with Crippen molar-refractivity contribution in [1.82, 2.24) is 0 Å². The van der Waals surface area contributed by atoms with Gasteiger partial charge in [-0.05, 0) is 42.4 Å². The van der Waals surface area contributed by atoms with E-state index in [-0.39, 0.29) is 0 Å². The van der Waals surface area contributed by atoms with Crippen LogP contribution >= 0.6 is 0 Å². The Hall–Kier alpha value is -0.300. The van der Waals surface area contributed by atoms with Gasteiger partial charge in [-0.3, -0.25) is 0 Å². The van der Waals surface area contributed by atoms with Crippen LogP contribution in [0.1, 0.15) is 33.1 Å². The van der Waals surface area contributed by atoms with Crippen LogP contribution in [0.4, 0.5) is 0 Å².